The molecule has 1 aliphatic rings. The second kappa shape index (κ2) is 6.66. The van der Waals surface area contributed by atoms with Crippen molar-refractivity contribution in [3.8, 4) is 0 Å². The van der Waals surface area contributed by atoms with Gasteiger partial charge in [0, 0.05) is 30.6 Å². The van der Waals surface area contributed by atoms with Crippen LogP contribution in [0.3, 0.4) is 0 Å². The van der Waals surface area contributed by atoms with E-state index in [-0.39, 0.29) is 23.1 Å². The lowest BCUT2D eigenvalue weighted by molar-refractivity contribution is 0.0967. The van der Waals surface area contributed by atoms with Crippen molar-refractivity contribution in [2.75, 3.05) is 6.54 Å². The van der Waals surface area contributed by atoms with Gasteiger partial charge in [0.2, 0.25) is 10.0 Å². The van der Waals surface area contributed by atoms with Crippen molar-refractivity contribution in [2.24, 2.45) is 5.92 Å². The van der Waals surface area contributed by atoms with Crippen molar-refractivity contribution in [3.63, 3.8) is 0 Å². The first kappa shape index (κ1) is 16.9. The van der Waals surface area contributed by atoms with Crippen LogP contribution >= 0.6 is 0 Å². The molecule has 26 heavy (non-hydrogen) atoms. The van der Waals surface area contributed by atoms with Crippen LogP contribution in [0.15, 0.2) is 59.8 Å². The van der Waals surface area contributed by atoms with E-state index in [1.165, 1.54) is 12.1 Å². The minimum absolute atomic E-state index is 0.105. The quantitative estimate of drug-likeness (QED) is 0.649. The zero-order valence-electron chi connectivity index (χ0n) is 14.1. The number of carbonyl (C=O) groups excluding carboxylic acids is 1. The molecule has 0 spiro atoms. The first-order valence-electron chi connectivity index (χ1n) is 8.59. The summed E-state index contributed by atoms with van der Waals surface area (Å²) in [7, 11) is -3.61. The van der Waals surface area contributed by atoms with E-state index in [0.717, 1.165) is 24.2 Å². The minimum Gasteiger partial charge on any atom is -0.304 e. The molecule has 6 nitrogen and oxygen atoms in total. The molecule has 0 bridgehead atoms. The molecule has 0 radical (unpaired) electrons. The Hall–Kier alpha value is -2.51. The largest absolute Gasteiger partial charge is 0.304 e. The first-order chi connectivity index (χ1) is 12.5. The number of fused-ring (bicyclic) bond motifs is 1. The van der Waals surface area contributed by atoms with Crippen molar-refractivity contribution >= 4 is 21.3 Å². The van der Waals surface area contributed by atoms with E-state index < -0.39 is 10.0 Å². The summed E-state index contributed by atoms with van der Waals surface area (Å²) >= 11 is 0. The number of aromatic nitrogens is 2. The van der Waals surface area contributed by atoms with Crippen LogP contribution in [0.25, 0.3) is 5.52 Å². The number of sulfonamides is 1. The smallest absolute Gasteiger partial charge is 0.240 e. The molecule has 134 valence electrons. The molecule has 0 atom stereocenters. The van der Waals surface area contributed by atoms with Crippen molar-refractivity contribution in [1.29, 1.82) is 0 Å². The van der Waals surface area contributed by atoms with Gasteiger partial charge in [-0.3, -0.25) is 4.79 Å². The third kappa shape index (κ3) is 3.40. The fraction of sp³-hybridized carbons (Fsp3) is 0.263. The second-order valence-corrected chi connectivity index (χ2v) is 8.25. The highest BCUT2D eigenvalue weighted by Gasteiger charge is 2.30. The molecular formula is C19H19N3O3S. The zero-order chi connectivity index (χ0) is 18.1. The van der Waals surface area contributed by atoms with E-state index in [4.69, 9.17) is 0 Å². The van der Waals surface area contributed by atoms with Gasteiger partial charge < -0.3 is 4.40 Å². The van der Waals surface area contributed by atoms with Crippen LogP contribution in [0.2, 0.25) is 0 Å². The Bertz CT molecular complexity index is 1050. The molecule has 2 aromatic heterocycles. The highest BCUT2D eigenvalue weighted by molar-refractivity contribution is 7.89. The zero-order valence-corrected chi connectivity index (χ0v) is 14.9. The number of Topliss-reactive ketones (excluding diaryl/α,β-unsaturated/α-hetero) is 1. The Morgan fingerprint density at radius 1 is 1.15 bits per heavy atom. The molecule has 7 heteroatoms. The van der Waals surface area contributed by atoms with Gasteiger partial charge in [0.15, 0.2) is 5.78 Å². The second-order valence-electron chi connectivity index (χ2n) is 6.48. The molecule has 0 amide bonds. The Morgan fingerprint density at radius 2 is 1.92 bits per heavy atom. The molecule has 1 N–H and O–H groups in total. The van der Waals surface area contributed by atoms with Crippen molar-refractivity contribution in [1.82, 2.24) is 14.1 Å². The standard InChI is InChI=1S/C19H19N3O3S/c23-19(14-4-5-14)15-6-8-17(9-7-15)26(24,25)21-11-10-18-20-13-16-3-1-2-12-22(16)18/h1-3,6-9,12-14,21H,4-5,10-11H2. The van der Waals surface area contributed by atoms with E-state index in [1.807, 2.05) is 28.8 Å². The number of hydrogen-bond acceptors (Lipinski definition) is 4. The Balaban J connectivity index is 1.41. The Kier molecular flexibility index (Phi) is 4.34. The molecule has 1 aliphatic carbocycles. The van der Waals surface area contributed by atoms with Crippen LogP contribution in [0.5, 0.6) is 0 Å². The SMILES string of the molecule is O=C(c1ccc(S(=O)(=O)NCCc2ncc3ccccn23)cc1)C1CC1. The fourth-order valence-electron chi connectivity index (χ4n) is 2.94. The molecule has 3 aromatic rings. The van der Waals surface area contributed by atoms with E-state index >= 15 is 0 Å². The number of benzene rings is 1. The number of imidazole rings is 1. The summed E-state index contributed by atoms with van der Waals surface area (Å²) in [5.41, 5.74) is 1.55. The Morgan fingerprint density at radius 3 is 2.65 bits per heavy atom. The normalized spacial score (nSPS) is 14.6. The molecule has 1 fully saturated rings. The number of nitrogens with zero attached hydrogens (tertiary/aromatic N) is 2. The van der Waals surface area contributed by atoms with Gasteiger partial charge in [-0.2, -0.15) is 0 Å². The predicted molar refractivity (Wildman–Crippen MR) is 97.6 cm³/mol. The lowest BCUT2D eigenvalue weighted by Crippen LogP contribution is -2.26. The van der Waals surface area contributed by atoms with Crippen LogP contribution < -0.4 is 4.72 Å². The Labute approximate surface area is 151 Å². The monoisotopic (exact) mass is 369 g/mol. The van der Waals surface area contributed by atoms with Gasteiger partial charge in [0.1, 0.15) is 5.82 Å². The molecule has 1 saturated carbocycles. The average molecular weight is 369 g/mol. The molecule has 2 heterocycles. The van der Waals surface area contributed by atoms with Gasteiger partial charge in [0.05, 0.1) is 16.6 Å². The highest BCUT2D eigenvalue weighted by Crippen LogP contribution is 2.32. The summed E-state index contributed by atoms with van der Waals surface area (Å²) in [6, 6.07) is 12.0. The van der Waals surface area contributed by atoms with E-state index in [1.54, 1.807) is 18.3 Å². The molecular weight excluding hydrogens is 350 g/mol. The summed E-state index contributed by atoms with van der Waals surface area (Å²) in [4.78, 5) is 16.5. The van der Waals surface area contributed by atoms with Crippen LogP contribution in [-0.4, -0.2) is 30.1 Å². The fourth-order valence-corrected chi connectivity index (χ4v) is 3.98. The number of rotatable bonds is 7. The van der Waals surface area contributed by atoms with Gasteiger partial charge in [0.25, 0.3) is 0 Å². The molecule has 0 unspecified atom stereocenters. The highest BCUT2D eigenvalue weighted by atomic mass is 32.2. The van der Waals surface area contributed by atoms with Crippen molar-refractivity contribution in [2.45, 2.75) is 24.2 Å². The van der Waals surface area contributed by atoms with Gasteiger partial charge in [-0.1, -0.05) is 18.2 Å². The van der Waals surface area contributed by atoms with E-state index in [9.17, 15) is 13.2 Å². The van der Waals surface area contributed by atoms with Gasteiger partial charge >= 0.3 is 0 Å². The summed E-state index contributed by atoms with van der Waals surface area (Å²) in [6.45, 7) is 0.249. The number of hydrogen-bond donors (Lipinski definition) is 1. The maximum atomic E-state index is 12.4. The molecule has 1 aromatic carbocycles. The van der Waals surface area contributed by atoms with Gasteiger partial charge in [-0.05, 0) is 37.1 Å². The summed E-state index contributed by atoms with van der Waals surface area (Å²) in [6.07, 6.45) is 6.02. The molecule has 0 saturated heterocycles. The van der Waals surface area contributed by atoms with Crippen molar-refractivity contribution in [3.05, 3.63) is 66.2 Å². The van der Waals surface area contributed by atoms with Crippen molar-refractivity contribution < 1.29 is 13.2 Å². The van der Waals surface area contributed by atoms with Gasteiger partial charge in [-0.15, -0.1) is 0 Å². The lowest BCUT2D eigenvalue weighted by Gasteiger charge is -2.07. The van der Waals surface area contributed by atoms with Crippen LogP contribution in [0.4, 0.5) is 0 Å². The van der Waals surface area contributed by atoms with Crippen LogP contribution in [0.1, 0.15) is 29.0 Å². The number of ketones is 1. The molecule has 4 rings (SSSR count). The third-order valence-electron chi connectivity index (χ3n) is 4.55. The van der Waals surface area contributed by atoms with E-state index in [2.05, 4.69) is 9.71 Å². The topological polar surface area (TPSA) is 80.5 Å². The van der Waals surface area contributed by atoms with E-state index in [0.29, 0.717) is 12.0 Å². The maximum absolute atomic E-state index is 12.4. The summed E-state index contributed by atoms with van der Waals surface area (Å²) < 4.78 is 29.4. The average Bonchev–Trinajstić information content (AvgIpc) is 3.43. The number of carbonyl (C=O) groups is 1. The van der Waals surface area contributed by atoms with Crippen LogP contribution in [0, 0.1) is 5.92 Å². The maximum Gasteiger partial charge on any atom is 0.240 e. The predicted octanol–water partition coefficient (Wildman–Crippen LogP) is 2.45. The van der Waals surface area contributed by atoms with Crippen LogP contribution in [-0.2, 0) is 16.4 Å². The number of pyridine rings is 1. The van der Waals surface area contributed by atoms with Gasteiger partial charge in [-0.25, -0.2) is 18.1 Å². The lowest BCUT2D eigenvalue weighted by atomic mass is 10.1. The molecule has 0 aliphatic heterocycles. The number of nitrogens with one attached hydrogen (secondary N) is 1. The summed E-state index contributed by atoms with van der Waals surface area (Å²) in [5.74, 6) is 1.03. The first-order valence-corrected chi connectivity index (χ1v) is 10.1. The third-order valence-corrected chi connectivity index (χ3v) is 6.03. The minimum atomic E-state index is -3.61. The summed E-state index contributed by atoms with van der Waals surface area (Å²) in [5, 5.41) is 0.